The number of hydrogen-bond acceptors (Lipinski definition) is 5. The molecule has 0 saturated carbocycles. The number of thiophene rings is 1. The fourth-order valence-corrected chi connectivity index (χ4v) is 2.87. The van der Waals surface area contributed by atoms with E-state index in [9.17, 15) is 9.59 Å². The Morgan fingerprint density at radius 1 is 1.55 bits per heavy atom. The number of nitrogens with one attached hydrogen (secondary N) is 2. The standard InChI is InChI=1S/C13H18N4O2S/c1-17(2)10(11-4-3-7-20-11)8-14-13(19)9-5-6-12(18)16-15-9/h3-4,7,10H,5-6,8H2,1-2H3,(H,14,19)(H,16,18). The summed E-state index contributed by atoms with van der Waals surface area (Å²) in [5, 5.41) is 8.69. The van der Waals surface area contributed by atoms with Crippen molar-refractivity contribution in [3.63, 3.8) is 0 Å². The van der Waals surface area contributed by atoms with E-state index in [0.717, 1.165) is 0 Å². The minimum Gasteiger partial charge on any atom is -0.349 e. The Labute approximate surface area is 121 Å². The van der Waals surface area contributed by atoms with Gasteiger partial charge in [-0.25, -0.2) is 5.43 Å². The summed E-state index contributed by atoms with van der Waals surface area (Å²) in [6.45, 7) is 0.513. The van der Waals surface area contributed by atoms with Gasteiger partial charge < -0.3 is 10.2 Å². The highest BCUT2D eigenvalue weighted by atomic mass is 32.1. The zero-order valence-electron chi connectivity index (χ0n) is 11.5. The molecular formula is C13H18N4O2S. The first kappa shape index (κ1) is 14.7. The van der Waals surface area contributed by atoms with Gasteiger partial charge in [0, 0.05) is 24.3 Å². The molecule has 1 unspecified atom stereocenters. The van der Waals surface area contributed by atoms with Crippen LogP contribution >= 0.6 is 11.3 Å². The maximum absolute atomic E-state index is 12.0. The smallest absolute Gasteiger partial charge is 0.267 e. The van der Waals surface area contributed by atoms with Crippen molar-refractivity contribution in [1.29, 1.82) is 0 Å². The van der Waals surface area contributed by atoms with Gasteiger partial charge in [-0.1, -0.05) is 6.07 Å². The van der Waals surface area contributed by atoms with E-state index < -0.39 is 0 Å². The lowest BCUT2D eigenvalue weighted by Crippen LogP contribution is -2.40. The van der Waals surface area contributed by atoms with Crippen LogP contribution in [-0.4, -0.2) is 43.1 Å². The summed E-state index contributed by atoms with van der Waals surface area (Å²) in [6.07, 6.45) is 0.706. The van der Waals surface area contributed by atoms with Crippen molar-refractivity contribution in [2.75, 3.05) is 20.6 Å². The Morgan fingerprint density at radius 2 is 2.35 bits per heavy atom. The third kappa shape index (κ3) is 3.64. The van der Waals surface area contributed by atoms with Gasteiger partial charge >= 0.3 is 0 Å². The normalized spacial score (nSPS) is 16.6. The molecule has 0 saturated heterocycles. The topological polar surface area (TPSA) is 73.8 Å². The van der Waals surface area contributed by atoms with Crippen LogP contribution in [0.2, 0.25) is 0 Å². The first-order valence-corrected chi connectivity index (χ1v) is 7.29. The van der Waals surface area contributed by atoms with E-state index in [2.05, 4.69) is 26.8 Å². The highest BCUT2D eigenvalue weighted by Gasteiger charge is 2.21. The van der Waals surface area contributed by atoms with Crippen molar-refractivity contribution in [2.24, 2.45) is 5.10 Å². The van der Waals surface area contributed by atoms with Gasteiger partial charge in [-0.15, -0.1) is 11.3 Å². The lowest BCUT2D eigenvalue weighted by Gasteiger charge is -2.23. The number of hydrazone groups is 1. The van der Waals surface area contributed by atoms with Gasteiger partial charge in [0.2, 0.25) is 5.91 Å². The molecule has 1 aromatic heterocycles. The highest BCUT2D eigenvalue weighted by molar-refractivity contribution is 7.10. The lowest BCUT2D eigenvalue weighted by molar-refractivity contribution is -0.121. The second kappa shape index (κ2) is 6.62. The summed E-state index contributed by atoms with van der Waals surface area (Å²) in [5.74, 6) is -0.361. The van der Waals surface area contributed by atoms with Crippen LogP contribution < -0.4 is 10.7 Å². The van der Waals surface area contributed by atoms with Crippen molar-refractivity contribution in [1.82, 2.24) is 15.6 Å². The molecule has 0 fully saturated rings. The first-order chi connectivity index (χ1) is 9.58. The SMILES string of the molecule is CN(C)C(CNC(=O)C1=NNC(=O)CC1)c1cccs1. The third-order valence-electron chi connectivity index (χ3n) is 3.12. The molecule has 2 N–H and O–H groups in total. The predicted octanol–water partition coefficient (Wildman–Crippen LogP) is 0.733. The summed E-state index contributed by atoms with van der Waals surface area (Å²) >= 11 is 1.67. The molecule has 0 aliphatic carbocycles. The number of hydrogen-bond donors (Lipinski definition) is 2. The van der Waals surface area contributed by atoms with Crippen LogP contribution in [0, 0.1) is 0 Å². The highest BCUT2D eigenvalue weighted by Crippen LogP contribution is 2.22. The van der Waals surface area contributed by atoms with Crippen molar-refractivity contribution < 1.29 is 9.59 Å². The largest absolute Gasteiger partial charge is 0.349 e. The molecule has 1 aliphatic heterocycles. The molecule has 0 radical (unpaired) electrons. The second-order valence-electron chi connectivity index (χ2n) is 4.80. The quantitative estimate of drug-likeness (QED) is 0.841. The molecule has 0 spiro atoms. The second-order valence-corrected chi connectivity index (χ2v) is 5.78. The van der Waals surface area contributed by atoms with Gasteiger partial charge in [-0.2, -0.15) is 5.10 Å². The van der Waals surface area contributed by atoms with Gasteiger partial charge in [0.15, 0.2) is 0 Å². The Hall–Kier alpha value is -1.73. The van der Waals surface area contributed by atoms with E-state index in [4.69, 9.17) is 0 Å². The molecule has 2 amide bonds. The van der Waals surface area contributed by atoms with E-state index in [0.29, 0.717) is 25.1 Å². The summed E-state index contributed by atoms with van der Waals surface area (Å²) in [7, 11) is 3.96. The number of carbonyl (C=O) groups is 2. The van der Waals surface area contributed by atoms with Crippen LogP contribution in [0.5, 0.6) is 0 Å². The molecule has 6 nitrogen and oxygen atoms in total. The zero-order chi connectivity index (χ0) is 14.5. The van der Waals surface area contributed by atoms with E-state index in [-0.39, 0.29) is 17.9 Å². The van der Waals surface area contributed by atoms with E-state index in [1.54, 1.807) is 11.3 Å². The van der Waals surface area contributed by atoms with Gasteiger partial charge in [-0.05, 0) is 25.5 Å². The number of rotatable bonds is 5. The van der Waals surface area contributed by atoms with Crippen LogP contribution in [0.15, 0.2) is 22.6 Å². The van der Waals surface area contributed by atoms with Crippen molar-refractivity contribution in [2.45, 2.75) is 18.9 Å². The Balaban J connectivity index is 1.93. The molecule has 0 aromatic carbocycles. The minimum atomic E-state index is -0.214. The number of likely N-dealkylation sites (N-methyl/N-ethyl adjacent to an activating group) is 1. The molecule has 1 aromatic rings. The van der Waals surface area contributed by atoms with Gasteiger partial charge in [0.25, 0.3) is 5.91 Å². The monoisotopic (exact) mass is 294 g/mol. The molecule has 2 heterocycles. The fraction of sp³-hybridized carbons (Fsp3) is 0.462. The fourth-order valence-electron chi connectivity index (χ4n) is 1.95. The summed E-state index contributed by atoms with van der Waals surface area (Å²) < 4.78 is 0. The zero-order valence-corrected chi connectivity index (χ0v) is 12.4. The van der Waals surface area contributed by atoms with Gasteiger partial charge in [-0.3, -0.25) is 9.59 Å². The van der Waals surface area contributed by atoms with E-state index in [1.165, 1.54) is 4.88 Å². The maximum Gasteiger partial charge on any atom is 0.267 e. The average molecular weight is 294 g/mol. The van der Waals surface area contributed by atoms with Crippen LogP contribution in [0.3, 0.4) is 0 Å². The van der Waals surface area contributed by atoms with Crippen LogP contribution in [0.25, 0.3) is 0 Å². The minimum absolute atomic E-state index is 0.137. The van der Waals surface area contributed by atoms with Gasteiger partial charge in [0.05, 0.1) is 6.04 Å². The van der Waals surface area contributed by atoms with Crippen molar-refractivity contribution >= 4 is 28.9 Å². The molecule has 2 rings (SSSR count). The summed E-state index contributed by atoms with van der Waals surface area (Å²) in [6, 6.07) is 4.19. The summed E-state index contributed by atoms with van der Waals surface area (Å²) in [5.41, 5.74) is 2.71. The van der Waals surface area contributed by atoms with E-state index >= 15 is 0 Å². The first-order valence-electron chi connectivity index (χ1n) is 6.41. The van der Waals surface area contributed by atoms with Crippen LogP contribution in [0.1, 0.15) is 23.8 Å². The number of nitrogens with zero attached hydrogens (tertiary/aromatic N) is 2. The average Bonchev–Trinajstić information content (AvgIpc) is 2.93. The van der Waals surface area contributed by atoms with Gasteiger partial charge in [0.1, 0.15) is 5.71 Å². The molecule has 1 aliphatic rings. The number of carbonyl (C=O) groups excluding carboxylic acids is 2. The molecule has 1 atom stereocenters. The number of amides is 2. The third-order valence-corrected chi connectivity index (χ3v) is 4.09. The molecule has 20 heavy (non-hydrogen) atoms. The Kier molecular flexibility index (Phi) is 4.86. The van der Waals surface area contributed by atoms with Crippen molar-refractivity contribution in [3.05, 3.63) is 22.4 Å². The molecule has 0 bridgehead atoms. The molecule has 108 valence electrons. The predicted molar refractivity (Wildman–Crippen MR) is 78.6 cm³/mol. The van der Waals surface area contributed by atoms with Crippen LogP contribution in [-0.2, 0) is 9.59 Å². The lowest BCUT2D eigenvalue weighted by atomic mass is 10.1. The summed E-state index contributed by atoms with van der Waals surface area (Å²) in [4.78, 5) is 26.2. The Morgan fingerprint density at radius 3 is 2.90 bits per heavy atom. The molecular weight excluding hydrogens is 276 g/mol. The maximum atomic E-state index is 12.0. The molecule has 7 heteroatoms. The van der Waals surface area contributed by atoms with Crippen molar-refractivity contribution in [3.8, 4) is 0 Å². The van der Waals surface area contributed by atoms with E-state index in [1.807, 2.05) is 25.5 Å². The van der Waals surface area contributed by atoms with Crippen LogP contribution in [0.4, 0.5) is 0 Å². The Bertz CT molecular complexity index is 510.